The van der Waals surface area contributed by atoms with E-state index >= 15 is 0 Å². The van der Waals surface area contributed by atoms with Crippen LogP contribution in [0, 0.1) is 11.8 Å². The van der Waals surface area contributed by atoms with Gasteiger partial charge in [0.2, 0.25) is 5.91 Å². The average Bonchev–Trinajstić information content (AvgIpc) is 3.31. The Morgan fingerprint density at radius 1 is 0.905 bits per heavy atom. The van der Waals surface area contributed by atoms with Crippen LogP contribution in [0.15, 0.2) is 78.9 Å². The first-order valence-corrected chi connectivity index (χ1v) is 14.7. The van der Waals surface area contributed by atoms with Crippen LogP contribution in [0.25, 0.3) is 11.1 Å². The lowest BCUT2D eigenvalue weighted by atomic mass is 9.85. The third kappa shape index (κ3) is 6.34. The lowest BCUT2D eigenvalue weighted by Crippen LogP contribution is -2.63. The minimum atomic E-state index is -1.20. The van der Waals surface area contributed by atoms with Gasteiger partial charge in [-0.05, 0) is 46.6 Å². The molecule has 42 heavy (non-hydrogen) atoms. The van der Waals surface area contributed by atoms with Crippen molar-refractivity contribution in [1.82, 2.24) is 15.5 Å². The molecule has 220 valence electrons. The molecule has 3 N–H and O–H groups in total. The molecule has 3 aromatic carbocycles. The Kier molecular flexibility index (Phi) is 8.92. The number of hydrogen-bond acceptors (Lipinski definition) is 5. The van der Waals surface area contributed by atoms with Crippen molar-refractivity contribution in [3.8, 4) is 11.1 Å². The highest BCUT2D eigenvalue weighted by molar-refractivity contribution is 5.90. The van der Waals surface area contributed by atoms with Gasteiger partial charge in [-0.3, -0.25) is 14.5 Å². The molecule has 0 bridgehead atoms. The molecule has 1 unspecified atom stereocenters. The van der Waals surface area contributed by atoms with Crippen LogP contribution >= 0.6 is 0 Å². The largest absolute Gasteiger partial charge is 0.481 e. The van der Waals surface area contributed by atoms with Gasteiger partial charge in [-0.25, -0.2) is 4.79 Å². The number of carboxylic acids is 1. The lowest BCUT2D eigenvalue weighted by Gasteiger charge is -2.41. The highest BCUT2D eigenvalue weighted by Gasteiger charge is 2.44. The molecular weight excluding hydrogens is 530 g/mol. The minimum absolute atomic E-state index is 0.00627. The van der Waals surface area contributed by atoms with E-state index < -0.39 is 23.5 Å². The van der Waals surface area contributed by atoms with Crippen molar-refractivity contribution in [3.63, 3.8) is 0 Å². The van der Waals surface area contributed by atoms with Crippen LogP contribution in [0.1, 0.15) is 49.3 Å². The summed E-state index contributed by atoms with van der Waals surface area (Å²) in [6, 6.07) is 26.4. The number of aliphatic carboxylic acids is 1. The number of carbonyl (C=O) groups is 3. The summed E-state index contributed by atoms with van der Waals surface area (Å²) in [6.07, 6.45) is 0.118. The number of fused-ring (bicyclic) bond motifs is 3. The van der Waals surface area contributed by atoms with Gasteiger partial charge in [0.05, 0.1) is 5.92 Å². The summed E-state index contributed by atoms with van der Waals surface area (Å²) in [5.41, 5.74) is 4.49. The van der Waals surface area contributed by atoms with E-state index in [0.717, 1.165) is 28.8 Å². The molecule has 2 amide bonds. The molecule has 1 fully saturated rings. The Labute approximate surface area is 247 Å². The van der Waals surface area contributed by atoms with Crippen molar-refractivity contribution < 1.29 is 24.2 Å². The lowest BCUT2D eigenvalue weighted by molar-refractivity contribution is -0.143. The fourth-order valence-corrected chi connectivity index (χ4v) is 6.15. The maximum absolute atomic E-state index is 13.7. The third-order valence-electron chi connectivity index (χ3n) is 8.68. The van der Waals surface area contributed by atoms with Crippen LogP contribution in [0.4, 0.5) is 4.79 Å². The Hall–Kier alpha value is -4.17. The monoisotopic (exact) mass is 569 g/mol. The van der Waals surface area contributed by atoms with Gasteiger partial charge >= 0.3 is 12.1 Å². The smallest absolute Gasteiger partial charge is 0.408 e. The van der Waals surface area contributed by atoms with Crippen LogP contribution in [0.5, 0.6) is 0 Å². The normalized spacial score (nSPS) is 16.7. The van der Waals surface area contributed by atoms with E-state index in [1.165, 1.54) is 5.56 Å². The molecule has 8 heteroatoms. The highest BCUT2D eigenvalue weighted by atomic mass is 16.5. The Morgan fingerprint density at radius 3 is 2.05 bits per heavy atom. The summed E-state index contributed by atoms with van der Waals surface area (Å²) >= 11 is 0. The van der Waals surface area contributed by atoms with Gasteiger partial charge in [0, 0.05) is 32.1 Å². The van der Waals surface area contributed by atoms with Gasteiger partial charge < -0.3 is 20.5 Å². The summed E-state index contributed by atoms with van der Waals surface area (Å²) in [5.74, 6) is -2.30. The second kappa shape index (κ2) is 12.8. The van der Waals surface area contributed by atoms with Gasteiger partial charge in [-0.1, -0.05) is 92.7 Å². The summed E-state index contributed by atoms with van der Waals surface area (Å²) in [4.78, 5) is 41.0. The van der Waals surface area contributed by atoms with E-state index in [1.54, 1.807) is 0 Å². The molecule has 0 aromatic heterocycles. The van der Waals surface area contributed by atoms with Crippen molar-refractivity contribution in [2.75, 3.05) is 26.2 Å². The molecule has 1 atom stereocenters. The predicted octanol–water partition coefficient (Wildman–Crippen LogP) is 5.03. The summed E-state index contributed by atoms with van der Waals surface area (Å²) in [6.45, 7) is 5.71. The predicted molar refractivity (Wildman–Crippen MR) is 161 cm³/mol. The molecule has 3 aromatic rings. The fourth-order valence-electron chi connectivity index (χ4n) is 6.15. The van der Waals surface area contributed by atoms with E-state index in [4.69, 9.17) is 4.74 Å². The Morgan fingerprint density at radius 2 is 1.48 bits per heavy atom. The zero-order chi connectivity index (χ0) is 29.7. The van der Waals surface area contributed by atoms with Gasteiger partial charge in [0.1, 0.15) is 12.1 Å². The van der Waals surface area contributed by atoms with E-state index in [1.807, 2.05) is 56.3 Å². The Bertz CT molecular complexity index is 1370. The molecule has 0 spiro atoms. The first-order chi connectivity index (χ1) is 20.3. The molecule has 0 saturated carbocycles. The second-order valence-corrected chi connectivity index (χ2v) is 11.7. The average molecular weight is 570 g/mol. The summed E-state index contributed by atoms with van der Waals surface area (Å²) in [5, 5.41) is 15.4. The number of benzene rings is 3. The van der Waals surface area contributed by atoms with Crippen LogP contribution in [-0.2, 0) is 20.9 Å². The molecule has 8 nitrogen and oxygen atoms in total. The second-order valence-electron chi connectivity index (χ2n) is 11.7. The number of piperidine rings is 1. The maximum Gasteiger partial charge on any atom is 0.408 e. The molecule has 2 aliphatic rings. The molecule has 0 radical (unpaired) electrons. The molecule has 5 rings (SSSR count). The molecule has 1 saturated heterocycles. The number of carboxylic acid groups (broad SMARTS) is 1. The van der Waals surface area contributed by atoms with Crippen LogP contribution in [0.2, 0.25) is 0 Å². The molecular formula is C34H39N3O5. The maximum atomic E-state index is 13.7. The van der Waals surface area contributed by atoms with E-state index in [9.17, 15) is 19.5 Å². The van der Waals surface area contributed by atoms with Crippen LogP contribution in [0.3, 0.4) is 0 Å². The molecule has 1 heterocycles. The van der Waals surface area contributed by atoms with Crippen LogP contribution < -0.4 is 10.6 Å². The van der Waals surface area contributed by atoms with E-state index in [0.29, 0.717) is 25.9 Å². The first kappa shape index (κ1) is 29.3. The van der Waals surface area contributed by atoms with Crippen molar-refractivity contribution in [2.24, 2.45) is 11.8 Å². The van der Waals surface area contributed by atoms with Gasteiger partial charge in [-0.15, -0.1) is 0 Å². The van der Waals surface area contributed by atoms with Gasteiger partial charge in [0.25, 0.3) is 0 Å². The number of rotatable bonds is 10. The standard InChI is InChI=1S/C34H39N3O5/c1-23(2)29(31(38)39)20-35-32(40)34(16-18-37(19-17-34)21-24-10-4-3-5-11-24)36-33(41)42-22-30-27-14-8-6-12-25(27)26-13-7-9-15-28(26)30/h3-15,23,29-30H,16-22H2,1-2H3,(H,35,40)(H,36,41)(H,38,39). The first-order valence-electron chi connectivity index (χ1n) is 14.7. The minimum Gasteiger partial charge on any atom is -0.481 e. The quantitative estimate of drug-likeness (QED) is 0.316. The number of nitrogens with one attached hydrogen (secondary N) is 2. The van der Waals surface area contributed by atoms with Gasteiger partial charge in [0.15, 0.2) is 0 Å². The van der Waals surface area contributed by atoms with E-state index in [2.05, 4.69) is 51.9 Å². The van der Waals surface area contributed by atoms with Crippen molar-refractivity contribution in [2.45, 2.75) is 44.7 Å². The molecule has 1 aliphatic carbocycles. The topological polar surface area (TPSA) is 108 Å². The number of alkyl carbamates (subject to hydrolysis) is 1. The van der Waals surface area contributed by atoms with Crippen molar-refractivity contribution in [3.05, 3.63) is 95.6 Å². The Balaban J connectivity index is 1.28. The number of amides is 2. The zero-order valence-electron chi connectivity index (χ0n) is 24.2. The van der Waals surface area contributed by atoms with Crippen LogP contribution in [-0.4, -0.2) is 59.8 Å². The number of carbonyl (C=O) groups excluding carboxylic acids is 2. The number of hydrogen-bond donors (Lipinski definition) is 3. The highest BCUT2D eigenvalue weighted by Crippen LogP contribution is 2.44. The number of likely N-dealkylation sites (tertiary alicyclic amines) is 1. The van der Waals surface area contributed by atoms with Gasteiger partial charge in [-0.2, -0.15) is 0 Å². The van der Waals surface area contributed by atoms with Crippen molar-refractivity contribution >= 4 is 18.0 Å². The summed E-state index contributed by atoms with van der Waals surface area (Å²) < 4.78 is 5.80. The SMILES string of the molecule is CC(C)C(CNC(=O)C1(NC(=O)OCC2c3ccccc3-c3ccccc32)CCN(Cc2ccccc2)CC1)C(=O)O. The van der Waals surface area contributed by atoms with E-state index in [-0.39, 0.29) is 30.9 Å². The molecule has 1 aliphatic heterocycles. The number of ether oxygens (including phenoxy) is 1. The third-order valence-corrected chi connectivity index (χ3v) is 8.68. The zero-order valence-corrected chi connectivity index (χ0v) is 24.2. The number of nitrogens with zero attached hydrogens (tertiary/aromatic N) is 1. The fraction of sp³-hybridized carbons (Fsp3) is 0.382. The van der Waals surface area contributed by atoms with Crippen molar-refractivity contribution in [1.29, 1.82) is 0 Å². The summed E-state index contributed by atoms with van der Waals surface area (Å²) in [7, 11) is 0.